The van der Waals surface area contributed by atoms with Gasteiger partial charge in [0.2, 0.25) is 0 Å². The first-order valence-corrected chi connectivity index (χ1v) is 6.51. The number of ether oxygens (including phenoxy) is 1. The first-order valence-electron chi connectivity index (χ1n) is 6.51. The molecule has 1 aliphatic carbocycles. The molecule has 21 heavy (non-hydrogen) atoms. The van der Waals surface area contributed by atoms with E-state index >= 15 is 0 Å². The fourth-order valence-corrected chi connectivity index (χ4v) is 1.92. The lowest BCUT2D eigenvalue weighted by atomic mass is 9.88. The third-order valence-corrected chi connectivity index (χ3v) is 2.83. The van der Waals surface area contributed by atoms with Crippen LogP contribution < -0.4 is 0 Å². The lowest BCUT2D eigenvalue weighted by molar-refractivity contribution is 0.00444. The second-order valence-corrected chi connectivity index (χ2v) is 4.21. The zero-order chi connectivity index (χ0) is 13.8. The molecule has 0 bridgehead atoms. The molecule has 1 rings (SSSR count). The van der Waals surface area contributed by atoms with Crippen molar-refractivity contribution >= 4 is 0 Å². The van der Waals surface area contributed by atoms with Gasteiger partial charge in [-0.25, -0.2) is 0 Å². The molecule has 2 heteroatoms. The Morgan fingerprint density at radius 3 is 2.10 bits per heavy atom. The first-order chi connectivity index (χ1) is 9.36. The van der Waals surface area contributed by atoms with E-state index in [2.05, 4.69) is 47.4 Å². The Balaban J connectivity index is -0.0000000573. The molecule has 1 fully saturated rings. The third kappa shape index (κ3) is 10.6. The first kappa shape index (κ1) is 21.5. The molecule has 0 radical (unpaired) electrons. The van der Waals surface area contributed by atoms with Crippen LogP contribution in [0.1, 0.15) is 57.4 Å². The molecule has 0 aromatic carbocycles. The summed E-state index contributed by atoms with van der Waals surface area (Å²) in [6, 6.07) is 0. The zero-order valence-electron chi connectivity index (χ0n) is 11.3. The van der Waals surface area contributed by atoms with Gasteiger partial charge in [-0.1, -0.05) is 26.7 Å². The minimum atomic E-state index is 0. The van der Waals surface area contributed by atoms with Crippen LogP contribution in [0.25, 0.3) is 0 Å². The van der Waals surface area contributed by atoms with E-state index in [1.807, 2.05) is 0 Å². The summed E-state index contributed by atoms with van der Waals surface area (Å²) in [4.78, 5) is 0. The molecule has 0 spiro atoms. The summed E-state index contributed by atoms with van der Waals surface area (Å²) in [5.41, 5.74) is 0. The molecule has 0 aromatic rings. The Hall–Kier alpha value is -1.84. The number of aliphatic hydroxyl groups is 1. The van der Waals surface area contributed by atoms with Crippen LogP contribution >= 0.6 is 0 Å². The topological polar surface area (TPSA) is 29.5 Å². The number of hydrogen-bond acceptors (Lipinski definition) is 2. The summed E-state index contributed by atoms with van der Waals surface area (Å²) < 4.78 is 5.50. The molecule has 2 nitrogen and oxygen atoms in total. The summed E-state index contributed by atoms with van der Waals surface area (Å²) in [7, 11) is 0. The van der Waals surface area contributed by atoms with Gasteiger partial charge in [0.15, 0.2) is 0 Å². The number of aliphatic hydroxyl groups excluding tert-OH is 1. The van der Waals surface area contributed by atoms with Crippen LogP contribution in [-0.4, -0.2) is 24.4 Å². The van der Waals surface area contributed by atoms with Crippen LogP contribution in [-0.2, 0) is 4.74 Å². The normalized spacial score (nSPS) is 18.4. The molecule has 0 amide bonds. The van der Waals surface area contributed by atoms with E-state index in [4.69, 9.17) is 9.84 Å². The maximum Gasteiger partial charge on any atom is 0.0701 e. The van der Waals surface area contributed by atoms with Gasteiger partial charge < -0.3 is 9.84 Å². The van der Waals surface area contributed by atoms with Crippen molar-refractivity contribution in [2.45, 2.75) is 53.6 Å². The van der Waals surface area contributed by atoms with Crippen molar-refractivity contribution in [3.63, 3.8) is 0 Å². The summed E-state index contributed by atoms with van der Waals surface area (Å²) in [5.74, 6) is 22.3. The second-order valence-electron chi connectivity index (χ2n) is 4.21. The fraction of sp³-hybridized carbons (Fsp3) is 0.579. The van der Waals surface area contributed by atoms with Crippen LogP contribution in [0.2, 0.25) is 0 Å². The van der Waals surface area contributed by atoms with Crippen LogP contribution in [0.4, 0.5) is 0 Å². The minimum absolute atomic E-state index is 0. The average molecular weight is 301 g/mol. The molecule has 0 aromatic heterocycles. The third-order valence-electron chi connectivity index (χ3n) is 2.83. The maximum atomic E-state index is 8.69. The van der Waals surface area contributed by atoms with Crippen LogP contribution in [0.3, 0.4) is 0 Å². The lowest BCUT2D eigenvalue weighted by Gasteiger charge is -2.25. The maximum absolute atomic E-state index is 8.69. The van der Waals surface area contributed by atoms with E-state index in [-0.39, 0.29) is 37.6 Å². The highest BCUT2D eigenvalue weighted by Gasteiger charge is 2.19. The molecule has 0 unspecified atom stereocenters. The quantitative estimate of drug-likeness (QED) is 0.773. The van der Waals surface area contributed by atoms with Gasteiger partial charge in [-0.3, -0.25) is 0 Å². The van der Waals surface area contributed by atoms with E-state index in [0.29, 0.717) is 12.5 Å². The highest BCUT2D eigenvalue weighted by Crippen LogP contribution is 2.25. The van der Waals surface area contributed by atoms with Gasteiger partial charge in [-0.15, -0.1) is 0 Å². The SMILES string of the molecule is C.C.CC#CC#CC#CC#CC1CCC(OCCO)CC1.[HH].[HH].[HH].[HH].[HH].[HH].[HH]. The summed E-state index contributed by atoms with van der Waals surface area (Å²) in [6.45, 7) is 2.27. The predicted octanol–water partition coefficient (Wildman–Crippen LogP) is 4.58. The average Bonchev–Trinajstić information content (AvgIpc) is 2.45. The van der Waals surface area contributed by atoms with Gasteiger partial charge in [0, 0.05) is 15.9 Å². The van der Waals surface area contributed by atoms with E-state index in [1.54, 1.807) is 6.92 Å². The van der Waals surface area contributed by atoms with Gasteiger partial charge >= 0.3 is 0 Å². The Labute approximate surface area is 141 Å². The molecule has 1 N–H and O–H groups in total. The highest BCUT2D eigenvalue weighted by molar-refractivity contribution is 5.40. The van der Waals surface area contributed by atoms with Crippen molar-refractivity contribution in [1.82, 2.24) is 0 Å². The van der Waals surface area contributed by atoms with Crippen LogP contribution in [0, 0.1) is 53.3 Å². The number of rotatable bonds is 3. The van der Waals surface area contributed by atoms with Gasteiger partial charge in [-0.05, 0) is 68.1 Å². The predicted molar refractivity (Wildman–Crippen MR) is 104 cm³/mol. The van der Waals surface area contributed by atoms with Crippen molar-refractivity contribution in [1.29, 1.82) is 0 Å². The van der Waals surface area contributed by atoms with Crippen LogP contribution in [0.15, 0.2) is 0 Å². The van der Waals surface area contributed by atoms with Crippen molar-refractivity contribution in [2.75, 3.05) is 13.2 Å². The standard InChI is InChI=1S/C17H18O2.2CH4.7H2/c1-2-3-4-5-6-7-8-9-16-10-12-17(13-11-16)19-15-14-18;;;;;;;;;/h16-18H,10-15H2,1H3;2*1H4;7*1H. The molecular weight excluding hydrogens is 260 g/mol. The van der Waals surface area contributed by atoms with Crippen molar-refractivity contribution in [3.05, 3.63) is 0 Å². The molecule has 1 saturated carbocycles. The summed E-state index contributed by atoms with van der Waals surface area (Å²) in [6.07, 6.45) is 4.39. The van der Waals surface area contributed by atoms with Crippen LogP contribution in [0.5, 0.6) is 0 Å². The van der Waals surface area contributed by atoms with Gasteiger partial charge in [-0.2, -0.15) is 0 Å². The number of hydrogen-bond donors (Lipinski definition) is 1. The Bertz CT molecular complexity index is 517. The molecule has 128 valence electrons. The molecule has 0 heterocycles. The Morgan fingerprint density at radius 1 is 0.952 bits per heavy atom. The molecule has 0 atom stereocenters. The van der Waals surface area contributed by atoms with Crippen molar-refractivity contribution in [3.8, 4) is 47.4 Å². The van der Waals surface area contributed by atoms with E-state index < -0.39 is 0 Å². The molecule has 0 aliphatic heterocycles. The summed E-state index contributed by atoms with van der Waals surface area (Å²) >= 11 is 0. The molecule has 0 saturated heterocycles. The van der Waals surface area contributed by atoms with E-state index in [0.717, 1.165) is 25.7 Å². The van der Waals surface area contributed by atoms with Gasteiger partial charge in [0.05, 0.1) is 19.3 Å². The monoisotopic (exact) mass is 300 g/mol. The zero-order valence-corrected chi connectivity index (χ0v) is 11.3. The van der Waals surface area contributed by atoms with Crippen molar-refractivity contribution < 1.29 is 19.8 Å². The smallest absolute Gasteiger partial charge is 0.0701 e. The second kappa shape index (κ2) is 14.6. The fourth-order valence-electron chi connectivity index (χ4n) is 1.92. The summed E-state index contributed by atoms with van der Waals surface area (Å²) in [5, 5.41) is 8.69. The molecule has 1 aliphatic rings. The van der Waals surface area contributed by atoms with Gasteiger partial charge in [0.25, 0.3) is 0 Å². The van der Waals surface area contributed by atoms with Crippen molar-refractivity contribution in [2.24, 2.45) is 5.92 Å². The largest absolute Gasteiger partial charge is 0.394 e. The minimum Gasteiger partial charge on any atom is -0.394 e. The molecular formula is C19H40O2. The van der Waals surface area contributed by atoms with E-state index in [9.17, 15) is 0 Å². The lowest BCUT2D eigenvalue weighted by Crippen LogP contribution is -2.22. The Morgan fingerprint density at radius 2 is 1.52 bits per heavy atom. The van der Waals surface area contributed by atoms with Gasteiger partial charge in [0.1, 0.15) is 0 Å². The van der Waals surface area contributed by atoms with E-state index in [1.165, 1.54) is 0 Å². The Kier molecular flexibility index (Phi) is 14.9. The highest BCUT2D eigenvalue weighted by atomic mass is 16.5.